The summed E-state index contributed by atoms with van der Waals surface area (Å²) in [6.45, 7) is 5.74. The van der Waals surface area contributed by atoms with Crippen LogP contribution in [-0.2, 0) is 0 Å². The van der Waals surface area contributed by atoms with Crippen LogP contribution >= 0.6 is 0 Å². The van der Waals surface area contributed by atoms with Crippen LogP contribution in [0.2, 0.25) is 0 Å². The van der Waals surface area contributed by atoms with Crippen LogP contribution in [-0.4, -0.2) is 61.4 Å². The van der Waals surface area contributed by atoms with Gasteiger partial charge in [-0.2, -0.15) is 0 Å². The number of furan rings is 1. The van der Waals surface area contributed by atoms with E-state index in [2.05, 4.69) is 20.5 Å². The predicted molar refractivity (Wildman–Crippen MR) is 114 cm³/mol. The van der Waals surface area contributed by atoms with Crippen LogP contribution in [0.4, 0.5) is 4.39 Å². The third kappa shape index (κ3) is 6.74. The Morgan fingerprint density at radius 1 is 1.23 bits per heavy atom. The predicted octanol–water partition coefficient (Wildman–Crippen LogP) is 2.55. The molecule has 0 radical (unpaired) electrons. The largest absolute Gasteiger partial charge is 0.491 e. The highest BCUT2D eigenvalue weighted by atomic mass is 19.1. The number of ether oxygens (including phenoxy) is 1. The molecule has 164 valence electrons. The average Bonchev–Trinajstić information content (AvgIpc) is 3.46. The lowest BCUT2D eigenvalue weighted by atomic mass is 10.2. The second-order valence-corrected chi connectivity index (χ2v) is 7.29. The summed E-state index contributed by atoms with van der Waals surface area (Å²) in [5.74, 6) is 1.76. The molecule has 3 rings (SSSR count). The molecule has 1 fully saturated rings. The normalized spacial score (nSPS) is 17.0. The summed E-state index contributed by atoms with van der Waals surface area (Å²) in [6.07, 6.45) is 3.33. The van der Waals surface area contributed by atoms with E-state index < -0.39 is 6.10 Å². The number of halogens is 1. The molecule has 2 heterocycles. The number of benzene rings is 1. The second-order valence-electron chi connectivity index (χ2n) is 7.29. The van der Waals surface area contributed by atoms with Gasteiger partial charge in [-0.1, -0.05) is 0 Å². The van der Waals surface area contributed by atoms with Crippen molar-refractivity contribution in [2.75, 3.05) is 39.3 Å². The van der Waals surface area contributed by atoms with Gasteiger partial charge in [-0.05, 0) is 69.3 Å². The smallest absolute Gasteiger partial charge is 0.191 e. The zero-order valence-electron chi connectivity index (χ0n) is 17.4. The van der Waals surface area contributed by atoms with Gasteiger partial charge in [0.2, 0.25) is 0 Å². The van der Waals surface area contributed by atoms with Crippen molar-refractivity contribution in [3.05, 3.63) is 54.2 Å². The van der Waals surface area contributed by atoms with Crippen LogP contribution in [0.15, 0.2) is 52.1 Å². The first kappa shape index (κ1) is 22.1. The van der Waals surface area contributed by atoms with Crippen LogP contribution in [0.3, 0.4) is 0 Å². The molecule has 2 atom stereocenters. The lowest BCUT2D eigenvalue weighted by molar-refractivity contribution is 0.114. The molecule has 2 unspecified atom stereocenters. The molecule has 1 aliphatic heterocycles. The minimum atomic E-state index is -0.773. The Labute approximate surface area is 176 Å². The molecule has 0 aliphatic carbocycles. The zero-order valence-corrected chi connectivity index (χ0v) is 17.4. The molecule has 2 aromatic rings. The summed E-state index contributed by atoms with van der Waals surface area (Å²) in [6, 6.07) is 9.76. The zero-order chi connectivity index (χ0) is 21.2. The summed E-state index contributed by atoms with van der Waals surface area (Å²) in [5, 5.41) is 16.8. The number of hydrogen-bond donors (Lipinski definition) is 3. The first-order chi connectivity index (χ1) is 14.7. The fourth-order valence-corrected chi connectivity index (χ4v) is 3.45. The highest BCUT2D eigenvalue weighted by Crippen LogP contribution is 2.24. The average molecular weight is 419 g/mol. The SMILES string of the molecule is CCNC(=NCC(O)COc1ccc(F)cc1)NCC(c1ccco1)N1CCCC1. The number of rotatable bonds is 10. The van der Waals surface area contributed by atoms with Crippen molar-refractivity contribution in [1.82, 2.24) is 15.5 Å². The minimum absolute atomic E-state index is 0.0807. The number of aliphatic hydroxyl groups is 1. The molecule has 1 saturated heterocycles. The van der Waals surface area contributed by atoms with E-state index in [1.54, 1.807) is 6.26 Å². The van der Waals surface area contributed by atoms with Gasteiger partial charge in [0.15, 0.2) is 5.96 Å². The minimum Gasteiger partial charge on any atom is -0.491 e. The molecule has 7 nitrogen and oxygen atoms in total. The third-order valence-corrected chi connectivity index (χ3v) is 4.98. The molecule has 0 bridgehead atoms. The number of likely N-dealkylation sites (tertiary alicyclic amines) is 1. The Kier molecular flexibility index (Phi) is 8.53. The van der Waals surface area contributed by atoms with E-state index in [1.807, 2.05) is 19.1 Å². The second kappa shape index (κ2) is 11.6. The van der Waals surface area contributed by atoms with Crippen LogP contribution in [0.5, 0.6) is 5.75 Å². The van der Waals surface area contributed by atoms with Crippen molar-refractivity contribution in [2.45, 2.75) is 31.9 Å². The van der Waals surface area contributed by atoms with Gasteiger partial charge in [0.25, 0.3) is 0 Å². The van der Waals surface area contributed by atoms with E-state index in [-0.39, 0.29) is 25.0 Å². The summed E-state index contributed by atoms with van der Waals surface area (Å²) in [4.78, 5) is 6.89. The molecule has 30 heavy (non-hydrogen) atoms. The molecule has 1 aromatic heterocycles. The Morgan fingerprint density at radius 3 is 2.67 bits per heavy atom. The Balaban J connectivity index is 1.51. The molecule has 1 aromatic carbocycles. The first-order valence-electron chi connectivity index (χ1n) is 10.5. The van der Waals surface area contributed by atoms with Crippen molar-refractivity contribution in [3.8, 4) is 5.75 Å². The summed E-state index contributed by atoms with van der Waals surface area (Å²) < 4.78 is 24.1. The lowest BCUT2D eigenvalue weighted by Gasteiger charge is -2.26. The van der Waals surface area contributed by atoms with Gasteiger partial charge in [-0.15, -0.1) is 0 Å². The fraction of sp³-hybridized carbons (Fsp3) is 0.500. The molecule has 1 aliphatic rings. The number of nitrogens with one attached hydrogen (secondary N) is 2. The summed E-state index contributed by atoms with van der Waals surface area (Å²) >= 11 is 0. The molecule has 0 amide bonds. The van der Waals surface area contributed by atoms with Crippen LogP contribution < -0.4 is 15.4 Å². The van der Waals surface area contributed by atoms with Crippen molar-refractivity contribution in [1.29, 1.82) is 0 Å². The Bertz CT molecular complexity index is 761. The quantitative estimate of drug-likeness (QED) is 0.406. The van der Waals surface area contributed by atoms with Gasteiger partial charge >= 0.3 is 0 Å². The highest BCUT2D eigenvalue weighted by molar-refractivity contribution is 5.79. The van der Waals surface area contributed by atoms with Gasteiger partial charge in [0.1, 0.15) is 30.0 Å². The Hall–Kier alpha value is -2.58. The Morgan fingerprint density at radius 2 is 2.00 bits per heavy atom. The van der Waals surface area contributed by atoms with E-state index in [9.17, 15) is 9.50 Å². The standard InChI is InChI=1S/C22H31FN4O3/c1-2-24-22(25-14-18(28)16-30-19-9-7-17(23)8-10-19)26-15-20(21-6-5-13-29-21)27-11-3-4-12-27/h5-10,13,18,20,28H,2-4,11-12,14-16H2,1H3,(H2,24,25,26). The van der Waals surface area contributed by atoms with Crippen molar-refractivity contribution in [2.24, 2.45) is 4.99 Å². The maximum absolute atomic E-state index is 12.9. The lowest BCUT2D eigenvalue weighted by Crippen LogP contribution is -2.43. The van der Waals surface area contributed by atoms with Gasteiger partial charge in [0, 0.05) is 13.1 Å². The molecular formula is C22H31FN4O3. The van der Waals surface area contributed by atoms with E-state index in [0.29, 0.717) is 24.8 Å². The topological polar surface area (TPSA) is 82.3 Å². The van der Waals surface area contributed by atoms with Crippen LogP contribution in [0.25, 0.3) is 0 Å². The third-order valence-electron chi connectivity index (χ3n) is 4.98. The number of aliphatic hydroxyl groups excluding tert-OH is 1. The number of nitrogens with zero attached hydrogens (tertiary/aromatic N) is 2. The molecule has 0 spiro atoms. The summed E-state index contributed by atoms with van der Waals surface area (Å²) in [5.41, 5.74) is 0. The van der Waals surface area contributed by atoms with Gasteiger partial charge in [-0.3, -0.25) is 9.89 Å². The van der Waals surface area contributed by atoms with Crippen molar-refractivity contribution in [3.63, 3.8) is 0 Å². The van der Waals surface area contributed by atoms with Gasteiger partial charge in [-0.25, -0.2) is 4.39 Å². The summed E-state index contributed by atoms with van der Waals surface area (Å²) in [7, 11) is 0. The maximum atomic E-state index is 12.9. The van der Waals surface area contributed by atoms with Gasteiger partial charge in [0.05, 0.1) is 18.8 Å². The van der Waals surface area contributed by atoms with E-state index >= 15 is 0 Å². The number of hydrogen-bond acceptors (Lipinski definition) is 5. The fourth-order valence-electron chi connectivity index (χ4n) is 3.45. The number of aliphatic imine (C=N–C) groups is 1. The highest BCUT2D eigenvalue weighted by Gasteiger charge is 2.25. The van der Waals surface area contributed by atoms with Gasteiger partial charge < -0.3 is 24.9 Å². The van der Waals surface area contributed by atoms with Crippen LogP contribution in [0, 0.1) is 5.82 Å². The van der Waals surface area contributed by atoms with Crippen LogP contribution in [0.1, 0.15) is 31.6 Å². The van der Waals surface area contributed by atoms with E-state index in [4.69, 9.17) is 9.15 Å². The number of guanidine groups is 1. The first-order valence-corrected chi connectivity index (χ1v) is 10.5. The van der Waals surface area contributed by atoms with E-state index in [1.165, 1.54) is 37.1 Å². The molecule has 8 heteroatoms. The molecule has 0 saturated carbocycles. The maximum Gasteiger partial charge on any atom is 0.191 e. The van der Waals surface area contributed by atoms with E-state index in [0.717, 1.165) is 18.8 Å². The molecule has 3 N–H and O–H groups in total. The van der Waals surface area contributed by atoms with Crippen molar-refractivity contribution >= 4 is 5.96 Å². The van der Waals surface area contributed by atoms with Crippen molar-refractivity contribution < 1.29 is 18.7 Å². The molecular weight excluding hydrogens is 387 g/mol. The monoisotopic (exact) mass is 418 g/mol.